The smallest absolute Gasteiger partial charge is 0.163 e. The van der Waals surface area contributed by atoms with E-state index in [1.807, 2.05) is 6.07 Å². The second-order valence-corrected chi connectivity index (χ2v) is 5.64. The summed E-state index contributed by atoms with van der Waals surface area (Å²) in [5.74, 6) is 0.678. The Morgan fingerprint density at radius 3 is 2.89 bits per heavy atom. The molecule has 0 atom stereocenters. The number of aryl methyl sites for hydroxylation is 1. The van der Waals surface area contributed by atoms with Gasteiger partial charge in [-0.05, 0) is 42.5 Å². The van der Waals surface area contributed by atoms with Crippen molar-refractivity contribution in [1.29, 1.82) is 0 Å². The Labute approximate surface area is 122 Å². The molecular formula is C15H15ClO2S. The number of rotatable bonds is 6. The highest BCUT2D eigenvalue weighted by atomic mass is 35.5. The summed E-state index contributed by atoms with van der Waals surface area (Å²) >= 11 is 7.67. The van der Waals surface area contributed by atoms with Crippen LogP contribution in [0.2, 0.25) is 5.02 Å². The minimum atomic E-state index is 0.131. The standard InChI is InChI=1S/C15H15ClO2S/c1-18-15-10-11(7-8-13(15)16)14(17)6-2-4-12-5-3-9-19-12/h3,5,7-10H,2,4,6H2,1H3. The van der Waals surface area contributed by atoms with Crippen molar-refractivity contribution >= 4 is 28.7 Å². The zero-order chi connectivity index (χ0) is 13.7. The van der Waals surface area contributed by atoms with Crippen LogP contribution in [0, 0.1) is 0 Å². The van der Waals surface area contributed by atoms with E-state index < -0.39 is 0 Å². The number of methoxy groups -OCH3 is 1. The Hall–Kier alpha value is -1.32. The summed E-state index contributed by atoms with van der Waals surface area (Å²) in [6.45, 7) is 0. The van der Waals surface area contributed by atoms with E-state index in [2.05, 4.69) is 11.4 Å². The lowest BCUT2D eigenvalue weighted by molar-refractivity contribution is 0.0980. The molecule has 0 fully saturated rings. The quantitative estimate of drug-likeness (QED) is 0.727. The van der Waals surface area contributed by atoms with Gasteiger partial charge < -0.3 is 4.74 Å². The third kappa shape index (κ3) is 3.82. The van der Waals surface area contributed by atoms with Crippen LogP contribution < -0.4 is 4.74 Å². The zero-order valence-corrected chi connectivity index (χ0v) is 12.3. The SMILES string of the molecule is COc1cc(C(=O)CCCc2cccs2)ccc1Cl. The number of hydrogen-bond acceptors (Lipinski definition) is 3. The van der Waals surface area contributed by atoms with Gasteiger partial charge in [-0.1, -0.05) is 17.7 Å². The fourth-order valence-corrected chi connectivity index (χ4v) is 2.80. The van der Waals surface area contributed by atoms with Gasteiger partial charge in [-0.15, -0.1) is 11.3 Å². The van der Waals surface area contributed by atoms with E-state index in [9.17, 15) is 4.79 Å². The number of carbonyl (C=O) groups excluding carboxylic acids is 1. The van der Waals surface area contributed by atoms with Crippen molar-refractivity contribution in [3.05, 3.63) is 51.2 Å². The van der Waals surface area contributed by atoms with Gasteiger partial charge >= 0.3 is 0 Å². The molecule has 2 aromatic rings. The van der Waals surface area contributed by atoms with E-state index in [0.29, 0.717) is 22.8 Å². The van der Waals surface area contributed by atoms with Crippen LogP contribution in [-0.2, 0) is 6.42 Å². The molecule has 2 nitrogen and oxygen atoms in total. The summed E-state index contributed by atoms with van der Waals surface area (Å²) in [7, 11) is 1.55. The summed E-state index contributed by atoms with van der Waals surface area (Å²) in [6, 6.07) is 9.29. The zero-order valence-electron chi connectivity index (χ0n) is 10.7. The van der Waals surface area contributed by atoms with E-state index >= 15 is 0 Å². The van der Waals surface area contributed by atoms with Crippen molar-refractivity contribution in [1.82, 2.24) is 0 Å². The summed E-state index contributed by atoms with van der Waals surface area (Å²) in [5.41, 5.74) is 0.660. The van der Waals surface area contributed by atoms with Gasteiger partial charge in [0.25, 0.3) is 0 Å². The molecule has 0 aliphatic carbocycles. The third-order valence-corrected chi connectivity index (χ3v) is 4.13. The topological polar surface area (TPSA) is 26.3 Å². The van der Waals surface area contributed by atoms with Crippen LogP contribution in [0.5, 0.6) is 5.75 Å². The average molecular weight is 295 g/mol. The second-order valence-electron chi connectivity index (χ2n) is 4.21. The summed E-state index contributed by atoms with van der Waals surface area (Å²) in [4.78, 5) is 13.4. The van der Waals surface area contributed by atoms with Crippen LogP contribution >= 0.6 is 22.9 Å². The van der Waals surface area contributed by atoms with Gasteiger partial charge in [-0.25, -0.2) is 0 Å². The van der Waals surface area contributed by atoms with Crippen LogP contribution in [0.4, 0.5) is 0 Å². The van der Waals surface area contributed by atoms with Crippen LogP contribution in [0.1, 0.15) is 28.1 Å². The minimum absolute atomic E-state index is 0.131. The summed E-state index contributed by atoms with van der Waals surface area (Å²) in [5, 5.41) is 2.58. The molecule has 1 heterocycles. The third-order valence-electron chi connectivity index (χ3n) is 2.88. The molecule has 100 valence electrons. The Kier molecular flexibility index (Phi) is 5.00. The largest absolute Gasteiger partial charge is 0.495 e. The molecule has 0 saturated heterocycles. The lowest BCUT2D eigenvalue weighted by Gasteiger charge is -2.05. The van der Waals surface area contributed by atoms with Crippen molar-refractivity contribution in [2.24, 2.45) is 0 Å². The molecule has 2 rings (SSSR count). The van der Waals surface area contributed by atoms with Crippen molar-refractivity contribution < 1.29 is 9.53 Å². The molecule has 0 amide bonds. The second kappa shape index (κ2) is 6.73. The summed E-state index contributed by atoms with van der Waals surface area (Å²) in [6.07, 6.45) is 2.36. The molecule has 1 aromatic heterocycles. The molecule has 19 heavy (non-hydrogen) atoms. The van der Waals surface area contributed by atoms with Crippen LogP contribution in [0.25, 0.3) is 0 Å². The first kappa shape index (κ1) is 14.1. The fourth-order valence-electron chi connectivity index (χ4n) is 1.86. The maximum Gasteiger partial charge on any atom is 0.163 e. The summed E-state index contributed by atoms with van der Waals surface area (Å²) < 4.78 is 5.12. The van der Waals surface area contributed by atoms with Crippen LogP contribution in [0.3, 0.4) is 0 Å². The number of ketones is 1. The molecule has 0 aliphatic rings. The molecule has 0 N–H and O–H groups in total. The molecule has 0 unspecified atom stereocenters. The lowest BCUT2D eigenvalue weighted by Crippen LogP contribution is -2.00. The highest BCUT2D eigenvalue weighted by molar-refractivity contribution is 7.09. The van der Waals surface area contributed by atoms with Crippen molar-refractivity contribution in [2.45, 2.75) is 19.3 Å². The average Bonchev–Trinajstić information content (AvgIpc) is 2.92. The first-order chi connectivity index (χ1) is 9.20. The van der Waals surface area contributed by atoms with E-state index in [4.69, 9.17) is 16.3 Å². The molecule has 4 heteroatoms. The predicted octanol–water partition coefficient (Wildman–Crippen LogP) is 4.62. The van der Waals surface area contributed by atoms with E-state index in [0.717, 1.165) is 12.8 Å². The maximum atomic E-state index is 12.1. The van der Waals surface area contributed by atoms with Crippen LogP contribution in [0.15, 0.2) is 35.7 Å². The molecule has 0 spiro atoms. The number of hydrogen-bond donors (Lipinski definition) is 0. The normalized spacial score (nSPS) is 10.4. The van der Waals surface area contributed by atoms with Gasteiger partial charge in [0, 0.05) is 16.9 Å². The Morgan fingerprint density at radius 1 is 1.37 bits per heavy atom. The first-order valence-corrected chi connectivity index (χ1v) is 7.35. The number of carbonyl (C=O) groups is 1. The van der Waals surface area contributed by atoms with Crippen molar-refractivity contribution in [3.8, 4) is 5.75 Å². The highest BCUT2D eigenvalue weighted by Gasteiger charge is 2.09. The van der Waals surface area contributed by atoms with E-state index in [-0.39, 0.29) is 5.78 Å². The van der Waals surface area contributed by atoms with Gasteiger partial charge in [0.05, 0.1) is 12.1 Å². The van der Waals surface area contributed by atoms with E-state index in [1.165, 1.54) is 4.88 Å². The van der Waals surface area contributed by atoms with Gasteiger partial charge in [0.2, 0.25) is 0 Å². The molecule has 1 aromatic carbocycles. The Bertz CT molecular complexity index is 549. The minimum Gasteiger partial charge on any atom is -0.495 e. The molecule has 0 saturated carbocycles. The van der Waals surface area contributed by atoms with Gasteiger partial charge in [-0.3, -0.25) is 4.79 Å². The number of Topliss-reactive ketones (excluding diaryl/α,β-unsaturated/α-hetero) is 1. The predicted molar refractivity (Wildman–Crippen MR) is 79.6 cm³/mol. The van der Waals surface area contributed by atoms with Crippen LogP contribution in [-0.4, -0.2) is 12.9 Å². The molecule has 0 radical (unpaired) electrons. The Balaban J connectivity index is 1.92. The van der Waals surface area contributed by atoms with Crippen molar-refractivity contribution in [2.75, 3.05) is 7.11 Å². The first-order valence-electron chi connectivity index (χ1n) is 6.10. The molecule has 0 aliphatic heterocycles. The van der Waals surface area contributed by atoms with E-state index in [1.54, 1.807) is 36.6 Å². The monoisotopic (exact) mass is 294 g/mol. The van der Waals surface area contributed by atoms with Gasteiger partial charge in [0.15, 0.2) is 5.78 Å². The van der Waals surface area contributed by atoms with Gasteiger partial charge in [-0.2, -0.15) is 0 Å². The fraction of sp³-hybridized carbons (Fsp3) is 0.267. The van der Waals surface area contributed by atoms with Crippen molar-refractivity contribution in [3.63, 3.8) is 0 Å². The number of thiophene rings is 1. The number of halogens is 1. The highest BCUT2D eigenvalue weighted by Crippen LogP contribution is 2.25. The number of benzene rings is 1. The molecular weight excluding hydrogens is 280 g/mol. The van der Waals surface area contributed by atoms with Gasteiger partial charge in [0.1, 0.15) is 5.75 Å². The Morgan fingerprint density at radius 2 is 2.21 bits per heavy atom. The maximum absolute atomic E-state index is 12.1. The lowest BCUT2D eigenvalue weighted by atomic mass is 10.0. The molecule has 0 bridgehead atoms. The number of ether oxygens (including phenoxy) is 1.